The average molecular weight is 278 g/mol. The number of hydrogen-bond acceptors (Lipinski definition) is 4. The van der Waals surface area contributed by atoms with Crippen LogP contribution < -0.4 is 5.32 Å². The number of likely N-dealkylation sites (tertiary alicyclic amines) is 1. The Hall–Kier alpha value is -1.75. The van der Waals surface area contributed by atoms with Crippen molar-refractivity contribution in [1.82, 2.24) is 10.2 Å². The quantitative estimate of drug-likeness (QED) is 0.734. The molecular formula is C15H22N2O3. The number of carbonyl (C=O) groups excluding carboxylic acids is 1. The molecule has 0 aromatic heterocycles. The molecule has 20 heavy (non-hydrogen) atoms. The van der Waals surface area contributed by atoms with Crippen molar-refractivity contribution in [2.24, 2.45) is 5.92 Å². The Bertz CT molecular complexity index is 490. The summed E-state index contributed by atoms with van der Waals surface area (Å²) in [6, 6.07) is 4.92. The van der Waals surface area contributed by atoms with E-state index in [1.165, 1.54) is 6.07 Å². The third-order valence-electron chi connectivity index (χ3n) is 4.16. The first kappa shape index (κ1) is 14.7. The van der Waals surface area contributed by atoms with Crippen LogP contribution in [0.2, 0.25) is 0 Å². The summed E-state index contributed by atoms with van der Waals surface area (Å²) in [7, 11) is 1.95. The van der Waals surface area contributed by atoms with Crippen LogP contribution >= 0.6 is 0 Å². The second kappa shape index (κ2) is 6.13. The predicted octanol–water partition coefficient (Wildman–Crippen LogP) is 1.56. The smallest absolute Gasteiger partial charge is 0.257 e. The SMILES string of the molecule is CCC1CN(C(=O)c2cccc(O)c2O)CCC1NC. The molecule has 2 rings (SSSR count). The Kier molecular flexibility index (Phi) is 4.49. The fraction of sp³-hybridized carbons (Fsp3) is 0.533. The summed E-state index contributed by atoms with van der Waals surface area (Å²) in [5, 5.41) is 22.6. The van der Waals surface area contributed by atoms with E-state index in [4.69, 9.17) is 0 Å². The van der Waals surface area contributed by atoms with Gasteiger partial charge in [-0.25, -0.2) is 0 Å². The number of carbonyl (C=O) groups is 1. The molecule has 1 aliphatic heterocycles. The van der Waals surface area contributed by atoms with E-state index in [1.54, 1.807) is 17.0 Å². The minimum absolute atomic E-state index is 0.169. The van der Waals surface area contributed by atoms with E-state index in [9.17, 15) is 15.0 Å². The van der Waals surface area contributed by atoms with E-state index >= 15 is 0 Å². The number of phenols is 2. The number of amides is 1. The molecule has 2 unspecified atom stereocenters. The van der Waals surface area contributed by atoms with Crippen molar-refractivity contribution in [3.8, 4) is 11.5 Å². The van der Waals surface area contributed by atoms with Gasteiger partial charge in [0.05, 0.1) is 5.56 Å². The standard InChI is InChI=1S/C15H22N2O3/c1-3-10-9-17(8-7-12(10)16-2)15(20)11-5-4-6-13(18)14(11)19/h4-6,10,12,16,18-19H,3,7-9H2,1-2H3. The normalized spacial score (nSPS) is 22.8. The summed E-state index contributed by atoms with van der Waals surface area (Å²) in [6.07, 6.45) is 1.90. The summed E-state index contributed by atoms with van der Waals surface area (Å²) in [5.41, 5.74) is 0.169. The minimum Gasteiger partial charge on any atom is -0.504 e. The van der Waals surface area contributed by atoms with Crippen LogP contribution in [0, 0.1) is 5.92 Å². The van der Waals surface area contributed by atoms with Crippen molar-refractivity contribution in [2.45, 2.75) is 25.8 Å². The molecule has 110 valence electrons. The third kappa shape index (κ3) is 2.72. The first-order valence-corrected chi connectivity index (χ1v) is 7.06. The molecular weight excluding hydrogens is 256 g/mol. The highest BCUT2D eigenvalue weighted by Crippen LogP contribution is 2.30. The second-order valence-electron chi connectivity index (χ2n) is 5.28. The van der Waals surface area contributed by atoms with Crippen molar-refractivity contribution in [2.75, 3.05) is 20.1 Å². The van der Waals surface area contributed by atoms with Gasteiger partial charge >= 0.3 is 0 Å². The molecule has 1 heterocycles. The molecule has 5 heteroatoms. The summed E-state index contributed by atoms with van der Waals surface area (Å²) in [4.78, 5) is 14.2. The summed E-state index contributed by atoms with van der Waals surface area (Å²) in [5.74, 6) is -0.391. The van der Waals surface area contributed by atoms with Crippen LogP contribution in [0.4, 0.5) is 0 Å². The van der Waals surface area contributed by atoms with Gasteiger partial charge in [-0.1, -0.05) is 19.4 Å². The number of phenolic OH excluding ortho intramolecular Hbond substituents is 2. The van der Waals surface area contributed by atoms with Gasteiger partial charge in [0, 0.05) is 19.1 Å². The molecule has 5 nitrogen and oxygen atoms in total. The van der Waals surface area contributed by atoms with Crippen molar-refractivity contribution in [3.05, 3.63) is 23.8 Å². The largest absolute Gasteiger partial charge is 0.504 e. The van der Waals surface area contributed by atoms with E-state index < -0.39 is 0 Å². The lowest BCUT2D eigenvalue weighted by Gasteiger charge is -2.38. The predicted molar refractivity (Wildman–Crippen MR) is 76.9 cm³/mol. The monoisotopic (exact) mass is 278 g/mol. The molecule has 3 N–H and O–H groups in total. The number of para-hydroxylation sites is 1. The maximum Gasteiger partial charge on any atom is 0.257 e. The van der Waals surface area contributed by atoms with Gasteiger partial charge in [-0.2, -0.15) is 0 Å². The minimum atomic E-state index is -0.332. The first-order valence-electron chi connectivity index (χ1n) is 7.06. The summed E-state index contributed by atoms with van der Waals surface area (Å²) >= 11 is 0. The molecule has 1 saturated heterocycles. The lowest BCUT2D eigenvalue weighted by molar-refractivity contribution is 0.0628. The Balaban J connectivity index is 2.16. The highest BCUT2D eigenvalue weighted by Gasteiger charge is 2.30. The van der Waals surface area contributed by atoms with E-state index in [0.29, 0.717) is 25.0 Å². The maximum atomic E-state index is 12.5. The number of benzene rings is 1. The van der Waals surface area contributed by atoms with E-state index in [-0.39, 0.29) is 23.0 Å². The van der Waals surface area contributed by atoms with Gasteiger partial charge in [-0.05, 0) is 31.5 Å². The first-order chi connectivity index (χ1) is 9.58. The summed E-state index contributed by atoms with van der Waals surface area (Å²) < 4.78 is 0. The molecule has 0 bridgehead atoms. The van der Waals surface area contributed by atoms with Crippen molar-refractivity contribution < 1.29 is 15.0 Å². The van der Waals surface area contributed by atoms with Gasteiger partial charge in [0.1, 0.15) is 0 Å². The van der Waals surface area contributed by atoms with Crippen LogP contribution in [0.3, 0.4) is 0 Å². The zero-order valence-corrected chi connectivity index (χ0v) is 12.0. The Morgan fingerprint density at radius 3 is 2.85 bits per heavy atom. The van der Waals surface area contributed by atoms with Crippen LogP contribution in [0.25, 0.3) is 0 Å². The second-order valence-corrected chi connectivity index (χ2v) is 5.28. The van der Waals surface area contributed by atoms with Crippen molar-refractivity contribution in [3.63, 3.8) is 0 Å². The molecule has 1 aromatic carbocycles. The molecule has 1 aromatic rings. The number of piperidine rings is 1. The molecule has 1 aliphatic rings. The molecule has 0 radical (unpaired) electrons. The molecule has 1 amide bonds. The lowest BCUT2D eigenvalue weighted by Crippen LogP contribution is -2.50. The summed E-state index contributed by atoms with van der Waals surface area (Å²) in [6.45, 7) is 3.46. The highest BCUT2D eigenvalue weighted by atomic mass is 16.3. The molecule has 0 spiro atoms. The van der Waals surface area contributed by atoms with Gasteiger partial charge in [0.15, 0.2) is 11.5 Å². The Morgan fingerprint density at radius 1 is 1.45 bits per heavy atom. The average Bonchev–Trinajstić information content (AvgIpc) is 2.48. The van der Waals surface area contributed by atoms with Gasteiger partial charge in [-0.3, -0.25) is 4.79 Å². The number of aromatic hydroxyl groups is 2. The topological polar surface area (TPSA) is 72.8 Å². The van der Waals surface area contributed by atoms with Crippen LogP contribution in [0.5, 0.6) is 11.5 Å². The van der Waals surface area contributed by atoms with Gasteiger partial charge < -0.3 is 20.4 Å². The van der Waals surface area contributed by atoms with Crippen LogP contribution in [-0.4, -0.2) is 47.2 Å². The fourth-order valence-corrected chi connectivity index (χ4v) is 2.88. The highest BCUT2D eigenvalue weighted by molar-refractivity contribution is 5.97. The van der Waals surface area contributed by atoms with Crippen molar-refractivity contribution in [1.29, 1.82) is 0 Å². The Labute approximate surface area is 119 Å². The zero-order valence-electron chi connectivity index (χ0n) is 12.0. The fourth-order valence-electron chi connectivity index (χ4n) is 2.88. The molecule has 0 aliphatic carbocycles. The van der Waals surface area contributed by atoms with Gasteiger partial charge in [0.25, 0.3) is 5.91 Å². The zero-order chi connectivity index (χ0) is 14.7. The van der Waals surface area contributed by atoms with E-state index in [1.807, 2.05) is 7.05 Å². The maximum absolute atomic E-state index is 12.5. The number of nitrogens with one attached hydrogen (secondary N) is 1. The Morgan fingerprint density at radius 2 is 2.20 bits per heavy atom. The molecule has 0 saturated carbocycles. The molecule has 1 fully saturated rings. The van der Waals surface area contributed by atoms with Crippen LogP contribution in [-0.2, 0) is 0 Å². The van der Waals surface area contributed by atoms with Crippen molar-refractivity contribution >= 4 is 5.91 Å². The van der Waals surface area contributed by atoms with E-state index in [2.05, 4.69) is 12.2 Å². The lowest BCUT2D eigenvalue weighted by atomic mass is 9.89. The van der Waals surface area contributed by atoms with E-state index in [0.717, 1.165) is 12.8 Å². The van der Waals surface area contributed by atoms with Crippen LogP contribution in [0.1, 0.15) is 30.1 Å². The van der Waals surface area contributed by atoms with Gasteiger partial charge in [0.2, 0.25) is 0 Å². The number of nitrogens with zero attached hydrogens (tertiary/aromatic N) is 1. The number of hydrogen-bond donors (Lipinski definition) is 3. The molecule has 2 atom stereocenters. The van der Waals surface area contributed by atoms with Gasteiger partial charge in [-0.15, -0.1) is 0 Å². The third-order valence-corrected chi connectivity index (χ3v) is 4.16. The van der Waals surface area contributed by atoms with Crippen LogP contribution in [0.15, 0.2) is 18.2 Å². The number of rotatable bonds is 3.